The van der Waals surface area contributed by atoms with Crippen LogP contribution in [0.5, 0.6) is 5.88 Å². The molecule has 2 fully saturated rings. The van der Waals surface area contributed by atoms with Crippen LogP contribution in [-0.4, -0.2) is 79.7 Å². The second kappa shape index (κ2) is 10.1. The summed E-state index contributed by atoms with van der Waals surface area (Å²) in [4.78, 5) is 27.8. The van der Waals surface area contributed by atoms with Gasteiger partial charge in [-0.1, -0.05) is 0 Å². The largest absolute Gasteiger partial charge is 0.490 e. The second-order valence-electron chi connectivity index (χ2n) is 7.14. The molecule has 0 bridgehead atoms. The number of methoxy groups -OCH3 is 2. The summed E-state index contributed by atoms with van der Waals surface area (Å²) in [6, 6.07) is 3.53. The third-order valence-electron chi connectivity index (χ3n) is 5.14. The van der Waals surface area contributed by atoms with Gasteiger partial charge in [0, 0.05) is 38.4 Å². The molecule has 0 aliphatic carbocycles. The molecular weight excluding hydrogens is 409 g/mol. The summed E-state index contributed by atoms with van der Waals surface area (Å²) in [5.41, 5.74) is 0.411. The number of aromatic nitrogens is 1. The topological polar surface area (TPSA) is 98.2 Å². The number of carboxylic acid groups (broad SMARTS) is 1. The number of hydrogen-bond acceptors (Lipinski definition) is 6. The number of halogens is 3. The van der Waals surface area contributed by atoms with Gasteiger partial charge in [-0.15, -0.1) is 0 Å². The first-order valence-electron chi connectivity index (χ1n) is 9.33. The molecule has 0 saturated carbocycles. The molecule has 11 heteroatoms. The molecule has 2 saturated heterocycles. The Morgan fingerprint density at radius 2 is 2.10 bits per heavy atom. The zero-order valence-electron chi connectivity index (χ0n) is 16.8. The van der Waals surface area contributed by atoms with E-state index in [1.54, 1.807) is 25.4 Å². The van der Waals surface area contributed by atoms with E-state index >= 15 is 0 Å². The molecule has 2 aliphatic heterocycles. The number of nitrogens with zero attached hydrogens (tertiary/aromatic N) is 2. The highest BCUT2D eigenvalue weighted by molar-refractivity contribution is 5.96. The van der Waals surface area contributed by atoms with Crippen molar-refractivity contribution in [2.45, 2.75) is 31.5 Å². The molecule has 168 valence electrons. The summed E-state index contributed by atoms with van der Waals surface area (Å²) in [6.45, 7) is 2.77. The van der Waals surface area contributed by atoms with Crippen LogP contribution in [0.3, 0.4) is 0 Å². The number of rotatable bonds is 4. The number of ether oxygens (including phenoxy) is 3. The number of alkyl halides is 3. The maximum absolute atomic E-state index is 12.9. The SMILES string of the molecule is COCC12CCCOC1CCN(C(=O)c1cccnc1OC)C2.O=C(O)C(F)(F)F. The summed E-state index contributed by atoms with van der Waals surface area (Å²) < 4.78 is 48.4. The fourth-order valence-corrected chi connectivity index (χ4v) is 3.85. The van der Waals surface area contributed by atoms with Crippen LogP contribution in [0.2, 0.25) is 0 Å². The average Bonchev–Trinajstić information content (AvgIpc) is 2.72. The molecule has 8 nitrogen and oxygen atoms in total. The molecule has 3 rings (SSSR count). The van der Waals surface area contributed by atoms with E-state index in [2.05, 4.69) is 4.98 Å². The quantitative estimate of drug-likeness (QED) is 0.777. The van der Waals surface area contributed by atoms with E-state index in [-0.39, 0.29) is 17.4 Å². The van der Waals surface area contributed by atoms with E-state index in [1.165, 1.54) is 7.11 Å². The minimum Gasteiger partial charge on any atom is -0.480 e. The van der Waals surface area contributed by atoms with Crippen LogP contribution < -0.4 is 4.74 Å². The Labute approximate surface area is 171 Å². The van der Waals surface area contributed by atoms with Crippen molar-refractivity contribution < 1.29 is 42.1 Å². The Balaban J connectivity index is 0.000000396. The lowest BCUT2D eigenvalue weighted by Gasteiger charge is -2.50. The van der Waals surface area contributed by atoms with Crippen molar-refractivity contribution in [2.24, 2.45) is 5.41 Å². The van der Waals surface area contributed by atoms with Crippen molar-refractivity contribution >= 4 is 11.9 Å². The van der Waals surface area contributed by atoms with E-state index in [4.69, 9.17) is 24.1 Å². The predicted molar refractivity (Wildman–Crippen MR) is 98.3 cm³/mol. The van der Waals surface area contributed by atoms with Crippen LogP contribution in [-0.2, 0) is 14.3 Å². The van der Waals surface area contributed by atoms with Gasteiger partial charge >= 0.3 is 12.1 Å². The smallest absolute Gasteiger partial charge is 0.480 e. The normalized spacial score (nSPS) is 23.6. The Hall–Kier alpha value is -2.40. The molecule has 2 unspecified atom stereocenters. The predicted octanol–water partition coefficient (Wildman–Crippen LogP) is 2.38. The molecule has 30 heavy (non-hydrogen) atoms. The lowest BCUT2D eigenvalue weighted by molar-refractivity contribution is -0.192. The van der Waals surface area contributed by atoms with Gasteiger partial charge in [0.25, 0.3) is 5.91 Å². The van der Waals surface area contributed by atoms with Gasteiger partial charge in [0.2, 0.25) is 5.88 Å². The summed E-state index contributed by atoms with van der Waals surface area (Å²) >= 11 is 0. The van der Waals surface area contributed by atoms with Gasteiger partial charge in [0.1, 0.15) is 5.56 Å². The van der Waals surface area contributed by atoms with Crippen LogP contribution in [0.25, 0.3) is 0 Å². The van der Waals surface area contributed by atoms with Crippen LogP contribution in [0, 0.1) is 5.41 Å². The minimum atomic E-state index is -5.08. The van der Waals surface area contributed by atoms with E-state index in [0.29, 0.717) is 31.1 Å². The van der Waals surface area contributed by atoms with Crippen LogP contribution in [0.1, 0.15) is 29.6 Å². The van der Waals surface area contributed by atoms with Crippen LogP contribution in [0.15, 0.2) is 18.3 Å². The zero-order valence-corrected chi connectivity index (χ0v) is 16.8. The standard InChI is InChI=1S/C17H24N2O4.C2HF3O2/c1-21-12-17-7-4-10-23-14(17)6-9-19(11-17)16(20)13-5-3-8-18-15(13)22-2;3-2(4,5)1(6)7/h3,5,8,14H,4,6-7,9-12H2,1-2H3;(H,6,7). The van der Waals surface area contributed by atoms with Crippen molar-refractivity contribution in [1.82, 2.24) is 9.88 Å². The summed E-state index contributed by atoms with van der Waals surface area (Å²) in [6.07, 6.45) is -0.394. The molecule has 1 N–H and O–H groups in total. The van der Waals surface area contributed by atoms with E-state index < -0.39 is 12.1 Å². The maximum atomic E-state index is 12.9. The lowest BCUT2D eigenvalue weighted by atomic mass is 9.73. The molecule has 0 spiro atoms. The number of amides is 1. The Bertz CT molecular complexity index is 741. The first-order valence-corrected chi connectivity index (χ1v) is 9.33. The first-order chi connectivity index (χ1) is 14.1. The van der Waals surface area contributed by atoms with Gasteiger partial charge in [0.15, 0.2) is 0 Å². The number of aliphatic carboxylic acids is 1. The molecule has 2 atom stereocenters. The second-order valence-corrected chi connectivity index (χ2v) is 7.14. The summed E-state index contributed by atoms with van der Waals surface area (Å²) in [5.74, 6) is -2.41. The first kappa shape index (κ1) is 23.9. The minimum absolute atomic E-state index is 0.0329. The number of fused-ring (bicyclic) bond motifs is 1. The maximum Gasteiger partial charge on any atom is 0.490 e. The number of likely N-dealkylation sites (tertiary alicyclic amines) is 1. The van der Waals surface area contributed by atoms with Gasteiger partial charge in [-0.2, -0.15) is 13.2 Å². The Morgan fingerprint density at radius 3 is 2.70 bits per heavy atom. The van der Waals surface area contributed by atoms with E-state index in [1.807, 2.05) is 4.90 Å². The fourth-order valence-electron chi connectivity index (χ4n) is 3.85. The van der Waals surface area contributed by atoms with Gasteiger partial charge < -0.3 is 24.2 Å². The number of piperidine rings is 1. The van der Waals surface area contributed by atoms with Crippen molar-refractivity contribution in [1.29, 1.82) is 0 Å². The van der Waals surface area contributed by atoms with Crippen molar-refractivity contribution in [2.75, 3.05) is 40.5 Å². The van der Waals surface area contributed by atoms with Gasteiger partial charge in [-0.3, -0.25) is 4.79 Å². The summed E-state index contributed by atoms with van der Waals surface area (Å²) in [7, 11) is 3.25. The van der Waals surface area contributed by atoms with Crippen molar-refractivity contribution in [3.8, 4) is 5.88 Å². The Morgan fingerprint density at radius 1 is 1.40 bits per heavy atom. The van der Waals surface area contributed by atoms with E-state index in [9.17, 15) is 18.0 Å². The van der Waals surface area contributed by atoms with Gasteiger partial charge in [-0.05, 0) is 31.4 Å². The molecule has 1 aromatic rings. The third-order valence-corrected chi connectivity index (χ3v) is 5.14. The molecule has 1 aromatic heterocycles. The lowest BCUT2D eigenvalue weighted by Crippen LogP contribution is -2.58. The molecule has 2 aliphatic rings. The van der Waals surface area contributed by atoms with E-state index in [0.717, 1.165) is 25.9 Å². The highest BCUT2D eigenvalue weighted by atomic mass is 19.4. The Kier molecular flexibility index (Phi) is 8.02. The molecule has 1 amide bonds. The fraction of sp³-hybridized carbons (Fsp3) is 0.632. The zero-order chi connectivity index (χ0) is 22.4. The van der Waals surface area contributed by atoms with Crippen molar-refractivity contribution in [3.63, 3.8) is 0 Å². The molecule has 3 heterocycles. The third kappa shape index (κ3) is 5.60. The number of carboxylic acids is 1. The number of pyridine rings is 1. The summed E-state index contributed by atoms with van der Waals surface area (Å²) in [5, 5.41) is 7.12. The number of hydrogen-bond donors (Lipinski definition) is 1. The molecule has 0 radical (unpaired) electrons. The van der Waals surface area contributed by atoms with Crippen LogP contribution >= 0.6 is 0 Å². The highest BCUT2D eigenvalue weighted by Crippen LogP contribution is 2.40. The average molecular weight is 434 g/mol. The number of carbonyl (C=O) groups excluding carboxylic acids is 1. The molecule has 0 aromatic carbocycles. The van der Waals surface area contributed by atoms with Gasteiger partial charge in [-0.25, -0.2) is 9.78 Å². The monoisotopic (exact) mass is 434 g/mol. The van der Waals surface area contributed by atoms with Crippen LogP contribution in [0.4, 0.5) is 13.2 Å². The molecular formula is C19H25F3N2O6. The van der Waals surface area contributed by atoms with Crippen molar-refractivity contribution in [3.05, 3.63) is 23.9 Å². The highest BCUT2D eigenvalue weighted by Gasteiger charge is 2.47. The number of carbonyl (C=O) groups is 2. The van der Waals surface area contributed by atoms with Gasteiger partial charge in [0.05, 0.1) is 19.8 Å².